The van der Waals surface area contributed by atoms with Crippen molar-refractivity contribution in [1.29, 1.82) is 0 Å². The van der Waals surface area contributed by atoms with Crippen LogP contribution in [0.2, 0.25) is 19.6 Å². The van der Waals surface area contributed by atoms with Crippen molar-refractivity contribution >= 4 is 14.3 Å². The van der Waals surface area contributed by atoms with Crippen molar-refractivity contribution in [2.75, 3.05) is 6.61 Å². The second kappa shape index (κ2) is 6.65. The lowest BCUT2D eigenvalue weighted by Gasteiger charge is -2.16. The maximum absolute atomic E-state index is 10.6. The highest BCUT2D eigenvalue weighted by Gasteiger charge is 2.14. The molecule has 0 fully saturated rings. The average Bonchev–Trinajstić information content (AvgIpc) is 2.69. The van der Waals surface area contributed by atoms with E-state index in [0.29, 0.717) is 6.54 Å². The fourth-order valence-corrected chi connectivity index (χ4v) is 2.34. The minimum Gasteiger partial charge on any atom is -0.418 e. The Balaban J connectivity index is 2.18. The summed E-state index contributed by atoms with van der Waals surface area (Å²) in [7, 11) is -1.40. The van der Waals surface area contributed by atoms with E-state index in [1.807, 2.05) is 0 Å². The second-order valence-electron chi connectivity index (χ2n) is 5.20. The lowest BCUT2D eigenvalue weighted by molar-refractivity contribution is -0.396. The van der Waals surface area contributed by atoms with Gasteiger partial charge in [0.2, 0.25) is 0 Å². The van der Waals surface area contributed by atoms with Crippen LogP contribution < -0.4 is 0 Å². The van der Waals surface area contributed by atoms with Gasteiger partial charge >= 0.3 is 5.95 Å². The summed E-state index contributed by atoms with van der Waals surface area (Å²) in [6, 6.07) is 0. The van der Waals surface area contributed by atoms with Gasteiger partial charge in [-0.2, -0.15) is 0 Å². The standard InChI is InChI=1S/C11H21N3O3Si/c1-18(2,3)17-10-6-4-5-8-13-9-7-12-11(13)14(15)16/h7,9H,4-6,8,10H2,1-3H3. The van der Waals surface area contributed by atoms with Crippen LogP contribution >= 0.6 is 0 Å². The molecule has 1 aromatic heterocycles. The summed E-state index contributed by atoms with van der Waals surface area (Å²) in [6.07, 6.45) is 6.04. The summed E-state index contributed by atoms with van der Waals surface area (Å²) in [4.78, 5) is 13.9. The maximum atomic E-state index is 10.6. The number of rotatable bonds is 8. The Morgan fingerprint density at radius 2 is 2.11 bits per heavy atom. The van der Waals surface area contributed by atoms with Crippen LogP contribution in [0.1, 0.15) is 19.3 Å². The number of nitro groups is 1. The Morgan fingerprint density at radius 3 is 2.72 bits per heavy atom. The van der Waals surface area contributed by atoms with E-state index in [2.05, 4.69) is 24.6 Å². The third-order valence-electron chi connectivity index (χ3n) is 2.44. The molecule has 0 bridgehead atoms. The summed E-state index contributed by atoms with van der Waals surface area (Å²) in [5.41, 5.74) is 0. The van der Waals surface area contributed by atoms with Gasteiger partial charge in [0.1, 0.15) is 12.4 Å². The first kappa shape index (κ1) is 14.8. The monoisotopic (exact) mass is 271 g/mol. The van der Waals surface area contributed by atoms with E-state index < -0.39 is 13.2 Å². The Hall–Kier alpha value is -1.21. The quantitative estimate of drug-likeness (QED) is 0.315. The van der Waals surface area contributed by atoms with Crippen molar-refractivity contribution < 1.29 is 9.35 Å². The van der Waals surface area contributed by atoms with E-state index in [0.717, 1.165) is 25.9 Å². The van der Waals surface area contributed by atoms with Crippen LogP contribution in [0.3, 0.4) is 0 Å². The number of hydrogen-bond acceptors (Lipinski definition) is 4. The molecule has 102 valence electrons. The van der Waals surface area contributed by atoms with Gasteiger partial charge < -0.3 is 14.5 Å². The third-order valence-corrected chi connectivity index (χ3v) is 3.51. The largest absolute Gasteiger partial charge is 0.434 e. The molecule has 0 aliphatic heterocycles. The number of hydrogen-bond donors (Lipinski definition) is 0. The van der Waals surface area contributed by atoms with E-state index >= 15 is 0 Å². The molecule has 1 heterocycles. The molecule has 18 heavy (non-hydrogen) atoms. The summed E-state index contributed by atoms with van der Waals surface area (Å²) in [6.45, 7) is 7.94. The Labute approximate surface area is 108 Å². The highest BCUT2D eigenvalue weighted by molar-refractivity contribution is 6.69. The van der Waals surface area contributed by atoms with Gasteiger partial charge in [-0.3, -0.25) is 0 Å². The van der Waals surface area contributed by atoms with Crippen LogP contribution in [0.5, 0.6) is 0 Å². The number of nitrogens with zero attached hydrogens (tertiary/aromatic N) is 3. The highest BCUT2D eigenvalue weighted by Crippen LogP contribution is 2.10. The van der Waals surface area contributed by atoms with Crippen LogP contribution in [0.15, 0.2) is 12.4 Å². The van der Waals surface area contributed by atoms with Gasteiger partial charge in [-0.25, -0.2) is 4.57 Å². The van der Waals surface area contributed by atoms with Gasteiger partial charge in [-0.05, 0) is 43.8 Å². The molecular formula is C11H21N3O3Si. The minimum atomic E-state index is -1.40. The van der Waals surface area contributed by atoms with E-state index in [-0.39, 0.29) is 5.95 Å². The first-order valence-corrected chi connectivity index (χ1v) is 9.60. The predicted molar refractivity (Wildman–Crippen MR) is 72.0 cm³/mol. The van der Waals surface area contributed by atoms with E-state index in [1.54, 1.807) is 10.8 Å². The molecule has 0 atom stereocenters. The molecule has 1 aromatic rings. The molecule has 0 aliphatic carbocycles. The summed E-state index contributed by atoms with van der Waals surface area (Å²) in [5, 5.41) is 10.6. The van der Waals surface area contributed by atoms with Gasteiger partial charge in [-0.15, -0.1) is 0 Å². The fourth-order valence-electron chi connectivity index (χ4n) is 1.59. The third kappa shape index (κ3) is 5.41. The van der Waals surface area contributed by atoms with Gasteiger partial charge in [0, 0.05) is 6.61 Å². The van der Waals surface area contributed by atoms with Crippen LogP contribution in [0.4, 0.5) is 5.95 Å². The number of unbranched alkanes of at least 4 members (excludes halogenated alkanes) is 2. The zero-order valence-electron chi connectivity index (χ0n) is 11.3. The summed E-state index contributed by atoms with van der Waals surface area (Å²) >= 11 is 0. The van der Waals surface area contributed by atoms with Crippen molar-refractivity contribution in [3.05, 3.63) is 22.5 Å². The topological polar surface area (TPSA) is 70.2 Å². The van der Waals surface area contributed by atoms with Crippen LogP contribution in [0, 0.1) is 10.1 Å². The Kier molecular flexibility index (Phi) is 5.48. The van der Waals surface area contributed by atoms with Crippen LogP contribution in [0.25, 0.3) is 0 Å². The van der Waals surface area contributed by atoms with Crippen molar-refractivity contribution in [1.82, 2.24) is 9.55 Å². The molecule has 0 N–H and O–H groups in total. The fraction of sp³-hybridized carbons (Fsp3) is 0.727. The van der Waals surface area contributed by atoms with E-state index in [4.69, 9.17) is 4.43 Å². The molecule has 0 unspecified atom stereocenters. The zero-order valence-corrected chi connectivity index (χ0v) is 12.3. The lowest BCUT2D eigenvalue weighted by atomic mass is 10.2. The van der Waals surface area contributed by atoms with Gasteiger partial charge in [0.25, 0.3) is 0 Å². The number of aryl methyl sites for hydroxylation is 1. The smallest absolute Gasteiger partial charge is 0.418 e. The van der Waals surface area contributed by atoms with Crippen LogP contribution in [-0.4, -0.2) is 29.4 Å². The normalized spacial score (nSPS) is 11.7. The molecular weight excluding hydrogens is 250 g/mol. The first-order valence-electron chi connectivity index (χ1n) is 6.19. The van der Waals surface area contributed by atoms with Crippen LogP contribution in [-0.2, 0) is 11.0 Å². The Bertz CT molecular complexity index is 387. The molecule has 0 aromatic carbocycles. The molecule has 0 aliphatic rings. The Morgan fingerprint density at radius 1 is 1.39 bits per heavy atom. The molecule has 0 saturated heterocycles. The predicted octanol–water partition coefficient (Wildman–Crippen LogP) is 2.81. The molecule has 0 saturated carbocycles. The van der Waals surface area contributed by atoms with Gasteiger partial charge in [0.05, 0.1) is 6.54 Å². The molecule has 7 heteroatoms. The SMILES string of the molecule is C[Si](C)(C)OCCCCCn1ccnc1[N+](=O)[O-]. The molecule has 6 nitrogen and oxygen atoms in total. The van der Waals surface area contributed by atoms with Gasteiger partial charge in [-0.1, -0.05) is 4.98 Å². The maximum Gasteiger partial charge on any atom is 0.434 e. The number of imidazole rings is 1. The van der Waals surface area contributed by atoms with Crippen molar-refractivity contribution in [3.63, 3.8) is 0 Å². The molecule has 0 amide bonds. The zero-order chi connectivity index (χ0) is 13.6. The second-order valence-corrected chi connectivity index (χ2v) is 9.71. The van der Waals surface area contributed by atoms with Crippen molar-refractivity contribution in [3.8, 4) is 0 Å². The number of aromatic nitrogens is 2. The highest BCUT2D eigenvalue weighted by atomic mass is 28.4. The van der Waals surface area contributed by atoms with Crippen molar-refractivity contribution in [2.45, 2.75) is 45.4 Å². The summed E-state index contributed by atoms with van der Waals surface area (Å²) < 4.78 is 7.32. The molecule has 0 spiro atoms. The van der Waals surface area contributed by atoms with E-state index in [1.165, 1.54) is 6.20 Å². The average molecular weight is 271 g/mol. The lowest BCUT2D eigenvalue weighted by Crippen LogP contribution is -2.25. The van der Waals surface area contributed by atoms with Gasteiger partial charge in [0.15, 0.2) is 8.32 Å². The first-order chi connectivity index (χ1) is 8.40. The van der Waals surface area contributed by atoms with E-state index in [9.17, 15) is 10.1 Å². The summed E-state index contributed by atoms with van der Waals surface area (Å²) in [5.74, 6) is -0.0756. The minimum absolute atomic E-state index is 0.0756. The molecule has 1 rings (SSSR count). The molecule has 0 radical (unpaired) electrons. The van der Waals surface area contributed by atoms with Crippen molar-refractivity contribution in [2.24, 2.45) is 0 Å².